The van der Waals surface area contributed by atoms with Crippen molar-refractivity contribution < 1.29 is 9.59 Å². The highest BCUT2D eigenvalue weighted by Crippen LogP contribution is 2.18. The summed E-state index contributed by atoms with van der Waals surface area (Å²) < 4.78 is 0. The second-order valence-electron chi connectivity index (χ2n) is 6.49. The van der Waals surface area contributed by atoms with Gasteiger partial charge in [0.15, 0.2) is 0 Å². The van der Waals surface area contributed by atoms with Crippen LogP contribution in [0.4, 0.5) is 5.82 Å². The number of carbonyl (C=O) groups is 2. The van der Waals surface area contributed by atoms with Crippen molar-refractivity contribution >= 4 is 17.6 Å². The monoisotopic (exact) mass is 356 g/mol. The van der Waals surface area contributed by atoms with E-state index < -0.39 is 6.04 Å². The Labute approximate surface area is 152 Å². The molecule has 8 heteroatoms. The zero-order valence-electron chi connectivity index (χ0n) is 15.1. The Morgan fingerprint density at radius 2 is 2.08 bits per heavy atom. The predicted molar refractivity (Wildman–Crippen MR) is 97.7 cm³/mol. The average Bonchev–Trinajstić information content (AvgIpc) is 3.14. The van der Waals surface area contributed by atoms with Gasteiger partial charge in [0.05, 0.1) is 6.33 Å². The van der Waals surface area contributed by atoms with E-state index in [-0.39, 0.29) is 11.8 Å². The quantitative estimate of drug-likeness (QED) is 0.814. The summed E-state index contributed by atoms with van der Waals surface area (Å²) in [4.78, 5) is 39.8. The van der Waals surface area contributed by atoms with Gasteiger partial charge >= 0.3 is 0 Å². The summed E-state index contributed by atoms with van der Waals surface area (Å²) in [5, 5.41) is 2.76. The van der Waals surface area contributed by atoms with Crippen molar-refractivity contribution in [2.45, 2.75) is 26.3 Å². The highest BCUT2D eigenvalue weighted by molar-refractivity contribution is 5.87. The summed E-state index contributed by atoms with van der Waals surface area (Å²) in [5.74, 6) is 0.688. The number of pyridine rings is 1. The van der Waals surface area contributed by atoms with E-state index in [9.17, 15) is 9.59 Å². The van der Waals surface area contributed by atoms with Crippen molar-refractivity contribution in [3.05, 3.63) is 42.1 Å². The molecule has 2 aromatic heterocycles. The first-order valence-electron chi connectivity index (χ1n) is 8.74. The lowest BCUT2D eigenvalue weighted by molar-refractivity contribution is -0.136. The Morgan fingerprint density at radius 1 is 1.31 bits per heavy atom. The van der Waals surface area contributed by atoms with Crippen LogP contribution >= 0.6 is 0 Å². The van der Waals surface area contributed by atoms with Crippen LogP contribution < -0.4 is 10.2 Å². The van der Waals surface area contributed by atoms with Crippen LogP contribution in [0.15, 0.2) is 30.9 Å². The van der Waals surface area contributed by atoms with Crippen molar-refractivity contribution in [1.29, 1.82) is 0 Å². The number of aromatic nitrogens is 3. The van der Waals surface area contributed by atoms with E-state index in [1.54, 1.807) is 18.7 Å². The molecule has 2 aromatic rings. The first-order valence-corrected chi connectivity index (χ1v) is 8.74. The molecule has 2 N–H and O–H groups in total. The van der Waals surface area contributed by atoms with Crippen LogP contribution in [0.25, 0.3) is 0 Å². The predicted octanol–water partition coefficient (Wildman–Crippen LogP) is 0.509. The maximum atomic E-state index is 12.9. The molecule has 3 heterocycles. The number of imidazole rings is 1. The highest BCUT2D eigenvalue weighted by atomic mass is 16.2. The van der Waals surface area contributed by atoms with Crippen LogP contribution in [0.5, 0.6) is 0 Å². The number of amides is 2. The molecular weight excluding hydrogens is 332 g/mol. The van der Waals surface area contributed by atoms with Gasteiger partial charge < -0.3 is 20.1 Å². The smallest absolute Gasteiger partial charge is 0.245 e. The standard InChI is InChI=1S/C18H24N6O2/c1-13-4-3-5-20-17(13)23-6-8-24(9-7-23)18(26)16(22-14(2)25)10-15-11-19-12-21-15/h3-5,11-12,16H,6-10H2,1-2H3,(H,19,21)(H,22,25). The summed E-state index contributed by atoms with van der Waals surface area (Å²) >= 11 is 0. The van der Waals surface area contributed by atoms with E-state index in [2.05, 4.69) is 25.2 Å². The molecule has 0 radical (unpaired) electrons. The Morgan fingerprint density at radius 3 is 2.69 bits per heavy atom. The molecule has 0 spiro atoms. The van der Waals surface area contributed by atoms with Gasteiger partial charge in [0.25, 0.3) is 0 Å². The fourth-order valence-electron chi connectivity index (χ4n) is 3.23. The first kappa shape index (κ1) is 17.9. The lowest BCUT2D eigenvalue weighted by atomic mass is 10.1. The molecule has 1 atom stereocenters. The molecular formula is C18H24N6O2. The third-order valence-electron chi connectivity index (χ3n) is 4.53. The Kier molecular flexibility index (Phi) is 5.50. The second kappa shape index (κ2) is 7.99. The van der Waals surface area contributed by atoms with Crippen molar-refractivity contribution in [2.24, 2.45) is 0 Å². The first-order chi connectivity index (χ1) is 12.5. The maximum Gasteiger partial charge on any atom is 0.245 e. The number of aromatic amines is 1. The fourth-order valence-corrected chi connectivity index (χ4v) is 3.23. The van der Waals surface area contributed by atoms with E-state index in [4.69, 9.17) is 0 Å². The second-order valence-corrected chi connectivity index (χ2v) is 6.49. The number of anilines is 1. The van der Waals surface area contributed by atoms with Crippen LogP contribution in [0, 0.1) is 6.92 Å². The number of nitrogens with one attached hydrogen (secondary N) is 2. The van der Waals surface area contributed by atoms with Crippen LogP contribution in [0.1, 0.15) is 18.2 Å². The van der Waals surface area contributed by atoms with Crippen LogP contribution in [-0.2, 0) is 16.0 Å². The molecule has 0 aromatic carbocycles. The maximum absolute atomic E-state index is 12.9. The minimum Gasteiger partial charge on any atom is -0.353 e. The number of hydrogen-bond acceptors (Lipinski definition) is 5. The van der Waals surface area contributed by atoms with Gasteiger partial charge in [0.2, 0.25) is 11.8 Å². The van der Waals surface area contributed by atoms with Gasteiger partial charge in [-0.25, -0.2) is 9.97 Å². The van der Waals surface area contributed by atoms with E-state index in [1.807, 2.05) is 24.0 Å². The van der Waals surface area contributed by atoms with Gasteiger partial charge in [0, 0.05) is 57.6 Å². The number of hydrogen-bond donors (Lipinski definition) is 2. The molecule has 1 saturated heterocycles. The van der Waals surface area contributed by atoms with Gasteiger partial charge in [-0.1, -0.05) is 6.07 Å². The van der Waals surface area contributed by atoms with Gasteiger partial charge in [-0.2, -0.15) is 0 Å². The van der Waals surface area contributed by atoms with E-state index in [0.29, 0.717) is 19.5 Å². The van der Waals surface area contributed by atoms with Gasteiger partial charge in [-0.05, 0) is 18.6 Å². The van der Waals surface area contributed by atoms with E-state index in [0.717, 1.165) is 30.2 Å². The number of H-pyrrole nitrogens is 1. The minimum atomic E-state index is -0.587. The zero-order chi connectivity index (χ0) is 18.5. The zero-order valence-corrected chi connectivity index (χ0v) is 15.1. The third-order valence-corrected chi connectivity index (χ3v) is 4.53. The summed E-state index contributed by atoms with van der Waals surface area (Å²) in [6.45, 7) is 6.12. The van der Waals surface area contributed by atoms with Gasteiger partial charge in [-0.15, -0.1) is 0 Å². The van der Waals surface area contributed by atoms with Gasteiger partial charge in [-0.3, -0.25) is 9.59 Å². The van der Waals surface area contributed by atoms with Crippen molar-refractivity contribution in [3.8, 4) is 0 Å². The SMILES string of the molecule is CC(=O)NC(Cc1cnc[nH]1)C(=O)N1CCN(c2ncccc2C)CC1. The number of rotatable bonds is 5. The normalized spacial score (nSPS) is 15.6. The number of aryl methyl sites for hydroxylation is 1. The summed E-state index contributed by atoms with van der Waals surface area (Å²) in [6.07, 6.45) is 5.43. The lowest BCUT2D eigenvalue weighted by Crippen LogP contribution is -2.55. The van der Waals surface area contributed by atoms with E-state index >= 15 is 0 Å². The van der Waals surface area contributed by atoms with E-state index in [1.165, 1.54) is 6.92 Å². The largest absolute Gasteiger partial charge is 0.353 e. The Bertz CT molecular complexity index is 753. The number of nitrogens with zero attached hydrogens (tertiary/aromatic N) is 4. The summed E-state index contributed by atoms with van der Waals surface area (Å²) in [5.41, 5.74) is 1.95. The summed E-state index contributed by atoms with van der Waals surface area (Å²) in [6, 6.07) is 3.37. The molecule has 26 heavy (non-hydrogen) atoms. The molecule has 1 aliphatic rings. The molecule has 1 fully saturated rings. The Balaban J connectivity index is 1.63. The topological polar surface area (TPSA) is 94.2 Å². The van der Waals surface area contributed by atoms with Gasteiger partial charge in [0.1, 0.15) is 11.9 Å². The van der Waals surface area contributed by atoms with Crippen molar-refractivity contribution in [3.63, 3.8) is 0 Å². The molecule has 0 aliphatic carbocycles. The minimum absolute atomic E-state index is 0.0628. The molecule has 2 amide bonds. The molecule has 8 nitrogen and oxygen atoms in total. The fraction of sp³-hybridized carbons (Fsp3) is 0.444. The van der Waals surface area contributed by atoms with Crippen molar-refractivity contribution in [2.75, 3.05) is 31.1 Å². The van der Waals surface area contributed by atoms with Crippen LogP contribution in [-0.4, -0.2) is 63.9 Å². The van der Waals surface area contributed by atoms with Crippen LogP contribution in [0.3, 0.4) is 0 Å². The molecule has 3 rings (SSSR count). The number of piperazine rings is 1. The molecule has 0 bridgehead atoms. The third kappa shape index (κ3) is 4.19. The number of carbonyl (C=O) groups excluding carboxylic acids is 2. The van der Waals surface area contributed by atoms with Crippen LogP contribution in [0.2, 0.25) is 0 Å². The molecule has 1 unspecified atom stereocenters. The molecule has 138 valence electrons. The Hall–Kier alpha value is -2.90. The average molecular weight is 356 g/mol. The lowest BCUT2D eigenvalue weighted by Gasteiger charge is -2.37. The highest BCUT2D eigenvalue weighted by Gasteiger charge is 2.29. The summed E-state index contributed by atoms with van der Waals surface area (Å²) in [7, 11) is 0. The molecule has 1 aliphatic heterocycles. The van der Waals surface area contributed by atoms with Crippen molar-refractivity contribution in [1.82, 2.24) is 25.2 Å². The molecule has 0 saturated carbocycles.